The molecule has 0 bridgehead atoms. The Hall–Kier alpha value is 0.1000. The summed E-state index contributed by atoms with van der Waals surface area (Å²) in [7, 11) is 0. The molecular formula is C11H17BrN2S. The maximum atomic E-state index is 3.50. The summed E-state index contributed by atoms with van der Waals surface area (Å²) < 4.78 is 1.20. The van der Waals surface area contributed by atoms with Crippen LogP contribution >= 0.6 is 27.3 Å². The van der Waals surface area contributed by atoms with Gasteiger partial charge in [-0.15, -0.1) is 11.3 Å². The first-order chi connectivity index (χ1) is 7.34. The van der Waals surface area contributed by atoms with Crippen molar-refractivity contribution in [1.82, 2.24) is 10.6 Å². The molecule has 0 saturated carbocycles. The fourth-order valence-electron chi connectivity index (χ4n) is 1.93. The van der Waals surface area contributed by atoms with E-state index in [-0.39, 0.29) is 0 Å². The molecule has 2 nitrogen and oxygen atoms in total. The third kappa shape index (κ3) is 3.87. The lowest BCUT2D eigenvalue weighted by Gasteiger charge is -2.08. The smallest absolute Gasteiger partial charge is 0.0300 e. The van der Waals surface area contributed by atoms with Crippen molar-refractivity contribution in [3.63, 3.8) is 0 Å². The molecule has 0 radical (unpaired) electrons. The fourth-order valence-corrected chi connectivity index (χ4v) is 3.35. The van der Waals surface area contributed by atoms with Crippen LogP contribution in [0.25, 0.3) is 0 Å². The Balaban J connectivity index is 1.58. The van der Waals surface area contributed by atoms with Gasteiger partial charge in [0.25, 0.3) is 0 Å². The molecular weight excluding hydrogens is 272 g/mol. The van der Waals surface area contributed by atoms with Crippen molar-refractivity contribution in [3.8, 4) is 0 Å². The van der Waals surface area contributed by atoms with E-state index in [0.29, 0.717) is 0 Å². The molecule has 2 rings (SSSR count). The van der Waals surface area contributed by atoms with Crippen LogP contribution in [0.1, 0.15) is 17.7 Å². The van der Waals surface area contributed by atoms with Gasteiger partial charge >= 0.3 is 0 Å². The minimum atomic E-state index is 0.896. The molecule has 0 aliphatic carbocycles. The summed E-state index contributed by atoms with van der Waals surface area (Å²) in [6.45, 7) is 4.58. The van der Waals surface area contributed by atoms with Gasteiger partial charge < -0.3 is 10.6 Å². The molecule has 84 valence electrons. The largest absolute Gasteiger partial charge is 0.316 e. The number of halogens is 1. The Labute approximate surface area is 104 Å². The summed E-state index contributed by atoms with van der Waals surface area (Å²) >= 11 is 5.28. The molecule has 2 N–H and O–H groups in total. The molecule has 0 aromatic carbocycles. The van der Waals surface area contributed by atoms with E-state index < -0.39 is 0 Å². The number of thiophene rings is 1. The van der Waals surface area contributed by atoms with Gasteiger partial charge in [-0.25, -0.2) is 0 Å². The molecule has 4 heteroatoms. The molecule has 1 aromatic rings. The van der Waals surface area contributed by atoms with E-state index in [4.69, 9.17) is 0 Å². The molecule has 1 fully saturated rings. The second-order valence-electron chi connectivity index (χ2n) is 4.06. The van der Waals surface area contributed by atoms with E-state index in [2.05, 4.69) is 38.0 Å². The minimum Gasteiger partial charge on any atom is -0.316 e. The normalized spacial score (nSPS) is 21.0. The molecule has 1 unspecified atom stereocenters. The first-order valence-electron chi connectivity index (χ1n) is 5.49. The van der Waals surface area contributed by atoms with Crippen LogP contribution < -0.4 is 10.6 Å². The zero-order valence-electron chi connectivity index (χ0n) is 8.76. The second kappa shape index (κ2) is 5.99. The highest BCUT2D eigenvalue weighted by molar-refractivity contribution is 9.10. The molecule has 1 aromatic heterocycles. The summed E-state index contributed by atoms with van der Waals surface area (Å²) in [5.41, 5.74) is 0. The summed E-state index contributed by atoms with van der Waals surface area (Å²) in [6.07, 6.45) is 2.66. The number of nitrogens with one attached hydrogen (secondary N) is 2. The monoisotopic (exact) mass is 288 g/mol. The Morgan fingerprint density at radius 3 is 3.20 bits per heavy atom. The molecule has 1 aliphatic rings. The molecule has 15 heavy (non-hydrogen) atoms. The molecule has 1 saturated heterocycles. The van der Waals surface area contributed by atoms with Crippen LogP contribution in [0.4, 0.5) is 0 Å². The van der Waals surface area contributed by atoms with Crippen molar-refractivity contribution in [2.24, 2.45) is 5.92 Å². The molecule has 0 amide bonds. The van der Waals surface area contributed by atoms with Gasteiger partial charge in [-0.2, -0.15) is 0 Å². The van der Waals surface area contributed by atoms with E-state index in [9.17, 15) is 0 Å². The van der Waals surface area contributed by atoms with Crippen molar-refractivity contribution >= 4 is 27.3 Å². The molecule has 2 heterocycles. The summed E-state index contributed by atoms with van der Waals surface area (Å²) in [5.74, 6) is 0.896. The highest BCUT2D eigenvalue weighted by Gasteiger charge is 2.13. The van der Waals surface area contributed by atoms with E-state index in [1.54, 1.807) is 0 Å². The van der Waals surface area contributed by atoms with E-state index in [1.165, 1.54) is 35.3 Å². The van der Waals surface area contributed by atoms with Crippen molar-refractivity contribution in [1.29, 1.82) is 0 Å². The Morgan fingerprint density at radius 1 is 1.60 bits per heavy atom. The zero-order chi connectivity index (χ0) is 10.5. The number of rotatable bonds is 5. The summed E-state index contributed by atoms with van der Waals surface area (Å²) in [5, 5.41) is 9.04. The van der Waals surface area contributed by atoms with Gasteiger partial charge in [0.05, 0.1) is 0 Å². The van der Waals surface area contributed by atoms with Gasteiger partial charge in [-0.1, -0.05) is 0 Å². The van der Waals surface area contributed by atoms with Crippen molar-refractivity contribution in [2.45, 2.75) is 19.4 Å². The van der Waals surface area contributed by atoms with Crippen molar-refractivity contribution < 1.29 is 0 Å². The third-order valence-electron chi connectivity index (χ3n) is 2.81. The number of hydrogen-bond donors (Lipinski definition) is 2. The van der Waals surface area contributed by atoms with Crippen LogP contribution in [-0.2, 0) is 6.54 Å². The van der Waals surface area contributed by atoms with Gasteiger partial charge in [0.15, 0.2) is 0 Å². The fraction of sp³-hybridized carbons (Fsp3) is 0.636. The van der Waals surface area contributed by atoms with Crippen LogP contribution in [0.5, 0.6) is 0 Å². The van der Waals surface area contributed by atoms with Crippen LogP contribution in [0.2, 0.25) is 0 Å². The maximum Gasteiger partial charge on any atom is 0.0300 e. The third-order valence-corrected chi connectivity index (χ3v) is 4.51. The van der Waals surface area contributed by atoms with Crippen LogP contribution in [-0.4, -0.2) is 19.6 Å². The summed E-state index contributed by atoms with van der Waals surface area (Å²) in [4.78, 5) is 1.41. The maximum absolute atomic E-state index is 3.50. The Kier molecular flexibility index (Phi) is 4.62. The van der Waals surface area contributed by atoms with E-state index >= 15 is 0 Å². The highest BCUT2D eigenvalue weighted by atomic mass is 79.9. The van der Waals surface area contributed by atoms with Crippen molar-refractivity contribution in [2.75, 3.05) is 19.6 Å². The van der Waals surface area contributed by atoms with E-state index in [1.807, 2.05) is 11.3 Å². The summed E-state index contributed by atoms with van der Waals surface area (Å²) in [6, 6.07) is 2.19. The Bertz CT molecular complexity index is 295. The van der Waals surface area contributed by atoms with Gasteiger partial charge in [-0.05, 0) is 60.4 Å². The lowest BCUT2D eigenvalue weighted by Crippen LogP contribution is -2.18. The first kappa shape index (κ1) is 11.6. The molecule has 1 atom stereocenters. The van der Waals surface area contributed by atoms with E-state index in [0.717, 1.165) is 19.0 Å². The topological polar surface area (TPSA) is 24.1 Å². The Morgan fingerprint density at radius 2 is 2.53 bits per heavy atom. The molecule has 0 spiro atoms. The van der Waals surface area contributed by atoms with Crippen molar-refractivity contribution in [3.05, 3.63) is 20.8 Å². The van der Waals surface area contributed by atoms with Crippen LogP contribution in [0.15, 0.2) is 15.9 Å². The van der Waals surface area contributed by atoms with Gasteiger partial charge in [0, 0.05) is 21.3 Å². The minimum absolute atomic E-state index is 0.896. The first-order valence-corrected chi connectivity index (χ1v) is 7.16. The quantitative estimate of drug-likeness (QED) is 0.814. The average Bonchev–Trinajstić information content (AvgIpc) is 2.84. The van der Waals surface area contributed by atoms with Gasteiger partial charge in [-0.3, -0.25) is 0 Å². The SMILES string of the molecule is Brc1csc(CNCCC2CCNC2)c1. The lowest BCUT2D eigenvalue weighted by atomic mass is 10.1. The van der Waals surface area contributed by atoms with Gasteiger partial charge in [0.1, 0.15) is 0 Å². The zero-order valence-corrected chi connectivity index (χ0v) is 11.2. The molecule has 1 aliphatic heterocycles. The van der Waals surface area contributed by atoms with Crippen LogP contribution in [0, 0.1) is 5.92 Å². The standard InChI is InChI=1S/C11H17BrN2S/c12-10-5-11(15-8-10)7-14-4-2-9-1-3-13-6-9/h5,8-9,13-14H,1-4,6-7H2. The highest BCUT2D eigenvalue weighted by Crippen LogP contribution is 2.19. The van der Waals surface area contributed by atoms with Crippen LogP contribution in [0.3, 0.4) is 0 Å². The number of hydrogen-bond acceptors (Lipinski definition) is 3. The predicted octanol–water partition coefficient (Wildman–Crippen LogP) is 2.60. The average molecular weight is 289 g/mol. The second-order valence-corrected chi connectivity index (χ2v) is 5.97. The predicted molar refractivity (Wildman–Crippen MR) is 69.3 cm³/mol. The van der Waals surface area contributed by atoms with Gasteiger partial charge in [0.2, 0.25) is 0 Å². The lowest BCUT2D eigenvalue weighted by molar-refractivity contribution is 0.501.